The summed E-state index contributed by atoms with van der Waals surface area (Å²) in [5.41, 5.74) is 2.76. The highest BCUT2D eigenvalue weighted by Crippen LogP contribution is 2.23. The Morgan fingerprint density at radius 1 is 1.07 bits per heavy atom. The fourth-order valence-corrected chi connectivity index (χ4v) is 3.69. The third-order valence-corrected chi connectivity index (χ3v) is 5.47. The van der Waals surface area contributed by atoms with Crippen molar-refractivity contribution >= 4 is 35.0 Å². The van der Waals surface area contributed by atoms with Crippen molar-refractivity contribution in [2.75, 3.05) is 18.1 Å². The van der Waals surface area contributed by atoms with Gasteiger partial charge < -0.3 is 5.84 Å². The first-order valence-electron chi connectivity index (χ1n) is 8.64. The fourth-order valence-electron chi connectivity index (χ4n) is 2.84. The summed E-state index contributed by atoms with van der Waals surface area (Å²) in [6, 6.07) is 17.0. The van der Waals surface area contributed by atoms with E-state index in [2.05, 4.69) is 15.3 Å². The standard InChI is InChI=1S/C19H17ClN6OS/c20-15-8-6-14(7-9-15)18-22-23-19(26(18)21)28-12-17(27)25-11-10-16(24-25)13-4-2-1-3-5-13/h1-9H,10-12,21H2. The maximum Gasteiger partial charge on any atom is 0.253 e. The summed E-state index contributed by atoms with van der Waals surface area (Å²) < 4.78 is 1.38. The zero-order valence-electron chi connectivity index (χ0n) is 14.8. The number of carbonyl (C=O) groups excluding carboxylic acids is 1. The lowest BCUT2D eigenvalue weighted by Crippen LogP contribution is -2.25. The summed E-state index contributed by atoms with van der Waals surface area (Å²) in [5, 5.41) is 15.3. The van der Waals surface area contributed by atoms with Crippen LogP contribution in [0.2, 0.25) is 5.02 Å². The lowest BCUT2D eigenvalue weighted by Gasteiger charge is -2.10. The Hall–Kier alpha value is -2.84. The molecule has 0 radical (unpaired) electrons. The van der Waals surface area contributed by atoms with Crippen LogP contribution >= 0.6 is 23.4 Å². The normalized spacial score (nSPS) is 13.6. The van der Waals surface area contributed by atoms with Crippen LogP contribution in [-0.4, -0.2) is 43.8 Å². The Morgan fingerprint density at radius 3 is 2.57 bits per heavy atom. The summed E-state index contributed by atoms with van der Waals surface area (Å²) in [7, 11) is 0. The summed E-state index contributed by atoms with van der Waals surface area (Å²) in [4.78, 5) is 12.5. The van der Waals surface area contributed by atoms with Gasteiger partial charge in [0.1, 0.15) is 0 Å². The van der Waals surface area contributed by atoms with Gasteiger partial charge in [0.25, 0.3) is 5.91 Å². The molecule has 142 valence electrons. The number of hydrogen-bond donors (Lipinski definition) is 1. The third kappa shape index (κ3) is 3.88. The van der Waals surface area contributed by atoms with E-state index in [1.54, 1.807) is 12.1 Å². The van der Waals surface area contributed by atoms with Crippen molar-refractivity contribution in [1.29, 1.82) is 0 Å². The van der Waals surface area contributed by atoms with Gasteiger partial charge in [0, 0.05) is 17.0 Å². The first kappa shape index (κ1) is 18.5. The largest absolute Gasteiger partial charge is 0.335 e. The van der Waals surface area contributed by atoms with Crippen LogP contribution in [-0.2, 0) is 4.79 Å². The SMILES string of the molecule is Nn1c(SCC(=O)N2CCC(c3ccccc3)=N2)nnc1-c1ccc(Cl)cc1. The molecule has 1 aromatic heterocycles. The number of nitrogens with zero attached hydrogens (tertiary/aromatic N) is 5. The van der Waals surface area contributed by atoms with Crippen molar-refractivity contribution < 1.29 is 4.79 Å². The van der Waals surface area contributed by atoms with Gasteiger partial charge in [0.2, 0.25) is 5.16 Å². The molecule has 0 spiro atoms. The Labute approximate surface area is 171 Å². The van der Waals surface area contributed by atoms with Crippen molar-refractivity contribution in [2.24, 2.45) is 5.10 Å². The van der Waals surface area contributed by atoms with E-state index < -0.39 is 0 Å². The van der Waals surface area contributed by atoms with E-state index in [-0.39, 0.29) is 11.7 Å². The highest BCUT2D eigenvalue weighted by molar-refractivity contribution is 7.99. The van der Waals surface area contributed by atoms with E-state index in [0.29, 0.717) is 22.5 Å². The van der Waals surface area contributed by atoms with E-state index in [9.17, 15) is 4.79 Å². The number of hydrogen-bond acceptors (Lipinski definition) is 6. The number of nitrogens with two attached hydrogens (primary N) is 1. The van der Waals surface area contributed by atoms with Gasteiger partial charge in [0.15, 0.2) is 5.82 Å². The number of rotatable bonds is 5. The topological polar surface area (TPSA) is 89.4 Å². The molecule has 0 bridgehead atoms. The highest BCUT2D eigenvalue weighted by atomic mass is 35.5. The number of hydrazone groups is 1. The minimum Gasteiger partial charge on any atom is -0.335 e. The molecule has 2 heterocycles. The van der Waals surface area contributed by atoms with E-state index in [1.807, 2.05) is 42.5 Å². The van der Waals surface area contributed by atoms with Crippen LogP contribution in [0.1, 0.15) is 12.0 Å². The van der Waals surface area contributed by atoms with Crippen molar-refractivity contribution in [3.8, 4) is 11.4 Å². The zero-order chi connectivity index (χ0) is 19.5. The Kier molecular flexibility index (Phi) is 5.31. The lowest BCUT2D eigenvalue weighted by atomic mass is 10.1. The Morgan fingerprint density at radius 2 is 1.82 bits per heavy atom. The van der Waals surface area contributed by atoms with Crippen LogP contribution < -0.4 is 5.84 Å². The lowest BCUT2D eigenvalue weighted by molar-refractivity contribution is -0.127. The molecule has 0 saturated heterocycles. The van der Waals surface area contributed by atoms with Gasteiger partial charge >= 0.3 is 0 Å². The van der Waals surface area contributed by atoms with Crippen molar-refractivity contribution in [1.82, 2.24) is 19.9 Å². The van der Waals surface area contributed by atoms with Crippen molar-refractivity contribution in [2.45, 2.75) is 11.6 Å². The maximum absolute atomic E-state index is 12.5. The fraction of sp³-hybridized carbons (Fsp3) is 0.158. The molecular formula is C19H17ClN6OS. The number of aromatic nitrogens is 3. The molecule has 0 saturated carbocycles. The smallest absolute Gasteiger partial charge is 0.253 e. The first-order chi connectivity index (χ1) is 13.6. The van der Waals surface area contributed by atoms with Gasteiger partial charge in [0.05, 0.1) is 18.0 Å². The molecular weight excluding hydrogens is 396 g/mol. The molecule has 0 fully saturated rings. The molecule has 0 aliphatic carbocycles. The second-order valence-corrected chi connectivity index (χ2v) is 7.53. The molecule has 1 aliphatic heterocycles. The Bertz CT molecular complexity index is 1020. The van der Waals surface area contributed by atoms with Gasteiger partial charge in [-0.15, -0.1) is 10.2 Å². The average Bonchev–Trinajstić information content (AvgIpc) is 3.35. The predicted octanol–water partition coefficient (Wildman–Crippen LogP) is 3.04. The van der Waals surface area contributed by atoms with Gasteiger partial charge in [-0.2, -0.15) is 5.10 Å². The monoisotopic (exact) mass is 412 g/mol. The van der Waals surface area contributed by atoms with E-state index >= 15 is 0 Å². The number of thioether (sulfide) groups is 1. The molecule has 4 rings (SSSR count). The molecule has 2 N–H and O–H groups in total. The third-order valence-electron chi connectivity index (χ3n) is 4.29. The zero-order valence-corrected chi connectivity index (χ0v) is 16.4. The molecule has 1 amide bonds. The van der Waals surface area contributed by atoms with Crippen LogP contribution in [0.4, 0.5) is 0 Å². The second kappa shape index (κ2) is 8.04. The van der Waals surface area contributed by atoms with Gasteiger partial charge in [-0.25, -0.2) is 9.69 Å². The molecule has 1 aliphatic rings. The van der Waals surface area contributed by atoms with Crippen LogP contribution in [0.15, 0.2) is 64.9 Å². The molecule has 2 aromatic carbocycles. The molecule has 0 unspecified atom stereocenters. The number of halogens is 1. The number of benzene rings is 2. The molecule has 9 heteroatoms. The summed E-state index contributed by atoms with van der Waals surface area (Å²) in [6.45, 7) is 0.578. The summed E-state index contributed by atoms with van der Waals surface area (Å²) in [5.74, 6) is 6.70. The number of nitrogen functional groups attached to an aromatic ring is 1. The molecule has 7 nitrogen and oxygen atoms in total. The van der Waals surface area contributed by atoms with E-state index in [1.165, 1.54) is 21.4 Å². The van der Waals surface area contributed by atoms with Crippen LogP contribution in [0, 0.1) is 0 Å². The molecule has 3 aromatic rings. The summed E-state index contributed by atoms with van der Waals surface area (Å²) in [6.07, 6.45) is 0.744. The second-order valence-electron chi connectivity index (χ2n) is 6.15. The number of amides is 1. The van der Waals surface area contributed by atoms with Gasteiger partial charge in [-0.1, -0.05) is 53.7 Å². The minimum atomic E-state index is -0.0908. The Balaban J connectivity index is 1.40. The van der Waals surface area contributed by atoms with Crippen LogP contribution in [0.25, 0.3) is 11.4 Å². The number of carbonyl (C=O) groups is 1. The van der Waals surface area contributed by atoms with Crippen molar-refractivity contribution in [3.05, 3.63) is 65.2 Å². The van der Waals surface area contributed by atoms with E-state index in [0.717, 1.165) is 23.3 Å². The predicted molar refractivity (Wildman–Crippen MR) is 111 cm³/mol. The van der Waals surface area contributed by atoms with E-state index in [4.69, 9.17) is 17.4 Å². The van der Waals surface area contributed by atoms with Crippen LogP contribution in [0.5, 0.6) is 0 Å². The average molecular weight is 413 g/mol. The summed E-state index contributed by atoms with van der Waals surface area (Å²) >= 11 is 7.14. The minimum absolute atomic E-state index is 0.0908. The van der Waals surface area contributed by atoms with Crippen molar-refractivity contribution in [3.63, 3.8) is 0 Å². The van der Waals surface area contributed by atoms with Crippen LogP contribution in [0.3, 0.4) is 0 Å². The highest BCUT2D eigenvalue weighted by Gasteiger charge is 2.22. The first-order valence-corrected chi connectivity index (χ1v) is 10.0. The van der Waals surface area contributed by atoms with Gasteiger partial charge in [-0.05, 0) is 29.8 Å². The molecule has 0 atom stereocenters. The maximum atomic E-state index is 12.5. The quantitative estimate of drug-likeness (QED) is 0.514. The van der Waals surface area contributed by atoms with Gasteiger partial charge in [-0.3, -0.25) is 4.79 Å². The molecule has 28 heavy (non-hydrogen) atoms.